The lowest BCUT2D eigenvalue weighted by molar-refractivity contribution is 0.105. The number of Topliss-reactive ketones (excluding diaryl/α,β-unsaturated/α-hetero) is 1. The van der Waals surface area contributed by atoms with Crippen LogP contribution in [-0.4, -0.2) is 10.4 Å². The van der Waals surface area contributed by atoms with Crippen molar-refractivity contribution in [3.63, 3.8) is 0 Å². The van der Waals surface area contributed by atoms with Gasteiger partial charge in [-0.25, -0.2) is 4.39 Å². The van der Waals surface area contributed by atoms with Crippen molar-refractivity contribution < 1.29 is 9.18 Å². The van der Waals surface area contributed by atoms with Crippen LogP contribution in [-0.2, 0) is 0 Å². The molecule has 0 saturated heterocycles. The quantitative estimate of drug-likeness (QED) is 0.448. The third-order valence-corrected chi connectivity index (χ3v) is 6.57. The minimum Gasteiger partial charge on any atom is -0.288 e. The monoisotopic (exact) mass is 446 g/mol. The van der Waals surface area contributed by atoms with Gasteiger partial charge in [0.2, 0.25) is 5.78 Å². The lowest BCUT2D eigenvalue weighted by Crippen LogP contribution is -2.31. The molecule has 0 aliphatic rings. The fraction of sp³-hybridized carbons (Fsp3) is 0.0417. The number of carbonyl (C=O) groups is 1. The molecule has 7 heteroatoms. The van der Waals surface area contributed by atoms with Crippen LogP contribution >= 0.6 is 22.7 Å². The van der Waals surface area contributed by atoms with Gasteiger partial charge in [-0.3, -0.25) is 14.2 Å². The smallest absolute Gasteiger partial charge is 0.273 e. The van der Waals surface area contributed by atoms with E-state index < -0.39 is 11.6 Å². The van der Waals surface area contributed by atoms with Gasteiger partial charge in [0.15, 0.2) is 0 Å². The molecule has 4 rings (SSSR count). The van der Waals surface area contributed by atoms with E-state index in [1.165, 1.54) is 40.2 Å². The van der Waals surface area contributed by atoms with Gasteiger partial charge < -0.3 is 0 Å². The molecule has 0 aliphatic carbocycles. The maximum atomic E-state index is 13.5. The number of thiophene rings is 1. The average molecular weight is 447 g/mol. The third-order valence-electron chi connectivity index (χ3n) is 4.53. The molecular formula is C24H15FN2O2S2. The van der Waals surface area contributed by atoms with Crippen molar-refractivity contribution in [3.8, 4) is 11.8 Å². The number of benzene rings is 2. The number of hydrogen-bond donors (Lipinski definition) is 0. The predicted molar refractivity (Wildman–Crippen MR) is 122 cm³/mol. The van der Waals surface area contributed by atoms with E-state index in [2.05, 4.69) is 0 Å². The molecule has 0 amide bonds. The molecule has 2 aromatic carbocycles. The summed E-state index contributed by atoms with van der Waals surface area (Å²) in [6, 6.07) is 19.7. The van der Waals surface area contributed by atoms with Gasteiger partial charge >= 0.3 is 0 Å². The summed E-state index contributed by atoms with van der Waals surface area (Å²) < 4.78 is 15.4. The highest BCUT2D eigenvalue weighted by Gasteiger charge is 2.18. The first-order valence-corrected chi connectivity index (χ1v) is 10.9. The number of nitrogens with zero attached hydrogens (tertiary/aromatic N) is 2. The van der Waals surface area contributed by atoms with Crippen molar-refractivity contribution >= 4 is 40.1 Å². The molecule has 2 heterocycles. The van der Waals surface area contributed by atoms with Gasteiger partial charge in [0.1, 0.15) is 22.1 Å². The predicted octanol–water partition coefficient (Wildman–Crippen LogP) is 3.79. The maximum absolute atomic E-state index is 13.5. The SMILES string of the molecule is Cc1ccc(/C=c2\s/c(=C(/C#N)C(=O)c3ccccc3)n(-c3ccc(F)cc3)c2=O)s1. The zero-order valence-electron chi connectivity index (χ0n) is 16.3. The summed E-state index contributed by atoms with van der Waals surface area (Å²) in [5.74, 6) is -0.919. The summed E-state index contributed by atoms with van der Waals surface area (Å²) in [5, 5.41) is 9.84. The number of carbonyl (C=O) groups excluding carboxylic acids is 1. The molecule has 2 aromatic heterocycles. The number of halogens is 1. The van der Waals surface area contributed by atoms with E-state index >= 15 is 0 Å². The van der Waals surface area contributed by atoms with Gasteiger partial charge in [-0.2, -0.15) is 5.26 Å². The molecule has 0 saturated carbocycles. The van der Waals surface area contributed by atoms with Crippen molar-refractivity contribution in [3.05, 3.63) is 107 Å². The Labute approximate surface area is 185 Å². The van der Waals surface area contributed by atoms with E-state index in [0.717, 1.165) is 21.1 Å². The fourth-order valence-electron chi connectivity index (χ4n) is 3.06. The minimum absolute atomic E-state index is 0.139. The zero-order valence-corrected chi connectivity index (χ0v) is 18.0. The average Bonchev–Trinajstić information content (AvgIpc) is 3.33. The molecule has 0 bridgehead atoms. The topological polar surface area (TPSA) is 62.9 Å². The Morgan fingerprint density at radius 3 is 2.35 bits per heavy atom. The molecule has 0 N–H and O–H groups in total. The molecule has 0 unspecified atom stereocenters. The summed E-state index contributed by atoms with van der Waals surface area (Å²) in [5.41, 5.74) is 0.226. The van der Waals surface area contributed by atoms with Crippen LogP contribution in [0, 0.1) is 24.1 Å². The van der Waals surface area contributed by atoms with Crippen LogP contribution in [0.25, 0.3) is 17.3 Å². The molecule has 0 atom stereocenters. The first kappa shape index (κ1) is 20.7. The van der Waals surface area contributed by atoms with Crippen LogP contribution < -0.4 is 14.8 Å². The summed E-state index contributed by atoms with van der Waals surface area (Å²) in [6.45, 7) is 1.97. The Morgan fingerprint density at radius 2 is 1.74 bits per heavy atom. The highest BCUT2D eigenvalue weighted by molar-refractivity contribution is 7.13. The van der Waals surface area contributed by atoms with Crippen LogP contribution in [0.1, 0.15) is 20.1 Å². The summed E-state index contributed by atoms with van der Waals surface area (Å²) >= 11 is 2.61. The summed E-state index contributed by atoms with van der Waals surface area (Å²) in [7, 11) is 0. The van der Waals surface area contributed by atoms with Gasteiger partial charge in [0.05, 0.1) is 10.2 Å². The Balaban J connectivity index is 2.06. The van der Waals surface area contributed by atoms with Crippen molar-refractivity contribution in [1.82, 2.24) is 4.57 Å². The fourth-order valence-corrected chi connectivity index (χ4v) is 5.05. The molecule has 0 spiro atoms. The van der Waals surface area contributed by atoms with Crippen LogP contribution in [0.4, 0.5) is 4.39 Å². The lowest BCUT2D eigenvalue weighted by atomic mass is 10.1. The van der Waals surface area contributed by atoms with Crippen LogP contribution in [0.2, 0.25) is 0 Å². The Kier molecular flexibility index (Phi) is 5.76. The molecule has 31 heavy (non-hydrogen) atoms. The number of nitriles is 1. The number of thiazole rings is 1. The number of aromatic nitrogens is 1. The Morgan fingerprint density at radius 1 is 1.03 bits per heavy atom. The van der Waals surface area contributed by atoms with E-state index in [0.29, 0.717) is 15.8 Å². The standard InChI is InChI=1S/C24H15FN2O2S2/c1-15-7-12-19(30-15)13-21-23(29)27(18-10-8-17(25)9-11-18)24(31-21)20(14-26)22(28)16-5-3-2-4-6-16/h2-13H,1H3/b21-13-,24-20-. The van der Waals surface area contributed by atoms with E-state index in [1.807, 2.05) is 25.1 Å². The second kappa shape index (κ2) is 8.64. The first-order chi connectivity index (χ1) is 15.0. The van der Waals surface area contributed by atoms with Crippen LogP contribution in [0.3, 0.4) is 0 Å². The van der Waals surface area contributed by atoms with Gasteiger partial charge in [0, 0.05) is 15.3 Å². The van der Waals surface area contributed by atoms with Crippen molar-refractivity contribution in [2.75, 3.05) is 0 Å². The largest absolute Gasteiger partial charge is 0.288 e. The molecule has 0 aliphatic heterocycles. The van der Waals surface area contributed by atoms with Gasteiger partial charge in [-0.1, -0.05) is 30.3 Å². The first-order valence-electron chi connectivity index (χ1n) is 9.28. The molecule has 152 valence electrons. The molecule has 4 nitrogen and oxygen atoms in total. The van der Waals surface area contributed by atoms with E-state index in [1.54, 1.807) is 36.4 Å². The van der Waals surface area contributed by atoms with E-state index in [9.17, 15) is 19.2 Å². The lowest BCUT2D eigenvalue weighted by Gasteiger charge is -2.04. The van der Waals surface area contributed by atoms with Gasteiger partial charge in [0.25, 0.3) is 5.56 Å². The normalized spacial score (nSPS) is 12.5. The highest BCUT2D eigenvalue weighted by atomic mass is 32.1. The van der Waals surface area contributed by atoms with E-state index in [4.69, 9.17) is 0 Å². The maximum Gasteiger partial charge on any atom is 0.273 e. The van der Waals surface area contributed by atoms with E-state index in [-0.39, 0.29) is 15.8 Å². The molecule has 4 aromatic rings. The Bertz CT molecular complexity index is 1490. The minimum atomic E-state index is -0.473. The van der Waals surface area contributed by atoms with Crippen molar-refractivity contribution in [1.29, 1.82) is 5.26 Å². The number of ketones is 1. The number of aryl methyl sites for hydroxylation is 1. The molecular weight excluding hydrogens is 431 g/mol. The van der Waals surface area contributed by atoms with Gasteiger partial charge in [-0.05, 0) is 49.4 Å². The summed E-state index contributed by atoms with van der Waals surface area (Å²) in [6.07, 6.45) is 1.75. The Hall–Kier alpha value is -3.60. The number of rotatable bonds is 4. The van der Waals surface area contributed by atoms with Crippen molar-refractivity contribution in [2.24, 2.45) is 0 Å². The zero-order chi connectivity index (χ0) is 22.0. The van der Waals surface area contributed by atoms with Crippen LogP contribution in [0.15, 0.2) is 71.5 Å². The second-order valence-corrected chi connectivity index (χ2v) is 9.01. The van der Waals surface area contributed by atoms with Crippen LogP contribution in [0.5, 0.6) is 0 Å². The molecule has 0 fully saturated rings. The highest BCUT2D eigenvalue weighted by Crippen LogP contribution is 2.15. The number of hydrogen-bond acceptors (Lipinski definition) is 5. The van der Waals surface area contributed by atoms with Crippen molar-refractivity contribution in [2.45, 2.75) is 6.92 Å². The third kappa shape index (κ3) is 4.17. The second-order valence-electron chi connectivity index (χ2n) is 6.66. The summed E-state index contributed by atoms with van der Waals surface area (Å²) in [4.78, 5) is 28.3. The molecule has 0 radical (unpaired) electrons. The van der Waals surface area contributed by atoms with Gasteiger partial charge in [-0.15, -0.1) is 22.7 Å².